The molecule has 0 amide bonds. The number of H-pyrrole nitrogens is 1. The van der Waals surface area contributed by atoms with E-state index in [2.05, 4.69) is 26.8 Å². The van der Waals surface area contributed by atoms with E-state index in [1.807, 2.05) is 0 Å². The molecule has 0 bridgehead atoms. The number of nitrogens with one attached hydrogen (secondary N) is 1. The van der Waals surface area contributed by atoms with Gasteiger partial charge in [0.25, 0.3) is 5.56 Å². The Morgan fingerprint density at radius 3 is 2.71 bits per heavy atom. The van der Waals surface area contributed by atoms with Crippen LogP contribution in [0, 0.1) is 18.8 Å². The van der Waals surface area contributed by atoms with Crippen molar-refractivity contribution in [1.29, 1.82) is 0 Å². The van der Waals surface area contributed by atoms with Crippen molar-refractivity contribution < 1.29 is 14.6 Å². The topological polar surface area (TPSA) is 110 Å². The Morgan fingerprint density at radius 2 is 2.07 bits per heavy atom. The van der Waals surface area contributed by atoms with Gasteiger partial charge in [-0.2, -0.15) is 0 Å². The number of ether oxygens (including phenoxy) is 1. The monoisotopic (exact) mass is 380 g/mol. The van der Waals surface area contributed by atoms with Gasteiger partial charge >= 0.3 is 5.97 Å². The summed E-state index contributed by atoms with van der Waals surface area (Å²) in [5.74, 6) is 5.23. The number of hydrogen-bond donors (Lipinski definition) is 2. The largest absolute Gasteiger partial charge is 0.462 e. The number of fused-ring (bicyclic) bond motifs is 1. The Morgan fingerprint density at radius 1 is 1.39 bits per heavy atom. The van der Waals surface area contributed by atoms with Crippen LogP contribution in [0.15, 0.2) is 29.5 Å². The second kappa shape index (κ2) is 7.29. The van der Waals surface area contributed by atoms with E-state index < -0.39 is 11.6 Å². The van der Waals surface area contributed by atoms with Gasteiger partial charge < -0.3 is 19.4 Å². The summed E-state index contributed by atoms with van der Waals surface area (Å²) in [6.45, 7) is 5.08. The quantitative estimate of drug-likeness (QED) is 0.525. The molecule has 144 valence electrons. The Bertz CT molecular complexity index is 1160. The van der Waals surface area contributed by atoms with Crippen LogP contribution in [0.5, 0.6) is 0 Å². The van der Waals surface area contributed by atoms with Gasteiger partial charge in [-0.3, -0.25) is 4.79 Å². The molecule has 28 heavy (non-hydrogen) atoms. The summed E-state index contributed by atoms with van der Waals surface area (Å²) in [5, 5.41) is 11.0. The fraction of sp³-hybridized carbons (Fsp3) is 0.300. The number of pyridine rings is 1. The zero-order chi connectivity index (χ0) is 20.5. The number of aromatic nitrogens is 4. The molecule has 0 aliphatic rings. The Balaban J connectivity index is 2.24. The minimum Gasteiger partial charge on any atom is -0.462 e. The van der Waals surface area contributed by atoms with Gasteiger partial charge in [-0.15, -0.1) is 0 Å². The maximum absolute atomic E-state index is 12.5. The van der Waals surface area contributed by atoms with Gasteiger partial charge in [0.15, 0.2) is 11.4 Å². The fourth-order valence-electron chi connectivity index (χ4n) is 2.90. The average molecular weight is 380 g/mol. The lowest BCUT2D eigenvalue weighted by atomic mass is 10.0. The van der Waals surface area contributed by atoms with E-state index in [0.29, 0.717) is 16.6 Å². The van der Waals surface area contributed by atoms with Gasteiger partial charge in [0, 0.05) is 36.7 Å². The standard InChI is InChI=1S/C20H20N4O4/c1-5-28-18(26)14-12(2)23-16-15(14)13(11-24(4)17(16)25)7-8-20(3,27)19-21-9-6-10-22-19/h6,9-11,23,27H,5H2,1-4H3/t20-/m0/s1. The highest BCUT2D eigenvalue weighted by molar-refractivity contribution is 6.07. The van der Waals surface area contributed by atoms with Crippen molar-refractivity contribution in [2.45, 2.75) is 26.4 Å². The maximum atomic E-state index is 12.5. The summed E-state index contributed by atoms with van der Waals surface area (Å²) >= 11 is 0. The first-order valence-electron chi connectivity index (χ1n) is 8.68. The minimum atomic E-state index is -1.61. The van der Waals surface area contributed by atoms with E-state index in [1.54, 1.807) is 27.0 Å². The average Bonchev–Trinajstić information content (AvgIpc) is 3.02. The molecule has 0 fully saturated rings. The van der Waals surface area contributed by atoms with Crippen LogP contribution in [0.25, 0.3) is 10.9 Å². The molecular formula is C20H20N4O4. The Kier molecular flexibility index (Phi) is 5.03. The van der Waals surface area contributed by atoms with Crippen molar-refractivity contribution in [2.24, 2.45) is 7.05 Å². The van der Waals surface area contributed by atoms with E-state index in [0.717, 1.165) is 0 Å². The van der Waals surface area contributed by atoms with Crippen molar-refractivity contribution in [2.75, 3.05) is 6.61 Å². The van der Waals surface area contributed by atoms with Crippen molar-refractivity contribution in [3.8, 4) is 11.8 Å². The van der Waals surface area contributed by atoms with Crippen LogP contribution in [0.3, 0.4) is 0 Å². The van der Waals surface area contributed by atoms with E-state index >= 15 is 0 Å². The number of esters is 1. The van der Waals surface area contributed by atoms with Gasteiger partial charge in [-0.25, -0.2) is 14.8 Å². The highest BCUT2D eigenvalue weighted by atomic mass is 16.5. The van der Waals surface area contributed by atoms with Gasteiger partial charge in [0.2, 0.25) is 0 Å². The van der Waals surface area contributed by atoms with Crippen LogP contribution in [0.1, 0.15) is 41.3 Å². The predicted octanol–water partition coefficient (Wildman–Crippen LogP) is 1.40. The predicted molar refractivity (Wildman–Crippen MR) is 103 cm³/mol. The summed E-state index contributed by atoms with van der Waals surface area (Å²) < 4.78 is 6.50. The highest BCUT2D eigenvalue weighted by Crippen LogP contribution is 2.24. The molecule has 3 aromatic rings. The zero-order valence-corrected chi connectivity index (χ0v) is 16.0. The van der Waals surface area contributed by atoms with Gasteiger partial charge in [0.1, 0.15) is 5.52 Å². The molecule has 0 saturated carbocycles. The third-order valence-electron chi connectivity index (χ3n) is 4.24. The fourth-order valence-corrected chi connectivity index (χ4v) is 2.90. The number of aliphatic hydroxyl groups is 1. The first-order valence-corrected chi connectivity index (χ1v) is 8.68. The van der Waals surface area contributed by atoms with Crippen LogP contribution in [0.2, 0.25) is 0 Å². The first-order chi connectivity index (χ1) is 13.3. The molecule has 0 aliphatic heterocycles. The second-order valence-corrected chi connectivity index (χ2v) is 6.45. The molecule has 3 rings (SSSR count). The van der Waals surface area contributed by atoms with Gasteiger partial charge in [-0.05, 0) is 26.8 Å². The molecule has 0 saturated heterocycles. The van der Waals surface area contributed by atoms with E-state index in [-0.39, 0.29) is 29.1 Å². The number of aromatic amines is 1. The molecule has 3 heterocycles. The SMILES string of the molecule is CCOC(=O)c1c(C)[nH]c2c(=O)n(C)cc(C#C[C@](C)(O)c3ncccn3)c12. The molecule has 1 atom stereocenters. The smallest absolute Gasteiger partial charge is 0.340 e. The van der Waals surface area contributed by atoms with Crippen molar-refractivity contribution in [3.63, 3.8) is 0 Å². The molecule has 8 nitrogen and oxygen atoms in total. The number of carbonyl (C=O) groups is 1. The maximum Gasteiger partial charge on any atom is 0.340 e. The van der Waals surface area contributed by atoms with Crippen molar-refractivity contribution in [3.05, 3.63) is 57.7 Å². The zero-order valence-electron chi connectivity index (χ0n) is 16.0. The summed E-state index contributed by atoms with van der Waals surface area (Å²) in [7, 11) is 1.59. The molecular weight excluding hydrogens is 360 g/mol. The molecule has 0 aromatic carbocycles. The number of rotatable bonds is 3. The Labute approximate surface area is 161 Å². The molecule has 0 radical (unpaired) electrons. The van der Waals surface area contributed by atoms with E-state index in [1.165, 1.54) is 30.1 Å². The van der Waals surface area contributed by atoms with Crippen molar-refractivity contribution in [1.82, 2.24) is 19.5 Å². The lowest BCUT2D eigenvalue weighted by molar-refractivity contribution is 0.0528. The highest BCUT2D eigenvalue weighted by Gasteiger charge is 2.25. The van der Waals surface area contributed by atoms with Gasteiger partial charge in [0.05, 0.1) is 17.7 Å². The summed E-state index contributed by atoms with van der Waals surface area (Å²) in [5.41, 5.74) is -0.478. The van der Waals surface area contributed by atoms with Crippen LogP contribution in [-0.2, 0) is 17.4 Å². The summed E-state index contributed by atoms with van der Waals surface area (Å²) in [4.78, 5) is 36.0. The molecule has 8 heteroatoms. The number of hydrogen-bond acceptors (Lipinski definition) is 6. The third-order valence-corrected chi connectivity index (χ3v) is 4.24. The number of aryl methyl sites for hydroxylation is 2. The number of carbonyl (C=O) groups excluding carboxylic acids is 1. The van der Waals surface area contributed by atoms with Crippen LogP contribution in [-0.4, -0.2) is 37.2 Å². The molecule has 0 spiro atoms. The molecule has 0 unspecified atom stereocenters. The Hall–Kier alpha value is -3.44. The lowest BCUT2D eigenvalue weighted by Gasteiger charge is -2.13. The summed E-state index contributed by atoms with van der Waals surface area (Å²) in [6, 6.07) is 1.64. The normalized spacial score (nSPS) is 12.9. The van der Waals surface area contributed by atoms with E-state index in [4.69, 9.17) is 4.74 Å². The first kappa shape index (κ1) is 19.3. The minimum absolute atomic E-state index is 0.152. The molecule has 3 aromatic heterocycles. The van der Waals surface area contributed by atoms with Crippen LogP contribution >= 0.6 is 0 Å². The number of nitrogens with zero attached hydrogens (tertiary/aromatic N) is 3. The molecule has 2 N–H and O–H groups in total. The lowest BCUT2D eigenvalue weighted by Crippen LogP contribution is -2.22. The third kappa shape index (κ3) is 3.40. The van der Waals surface area contributed by atoms with Crippen LogP contribution < -0.4 is 5.56 Å². The summed E-state index contributed by atoms with van der Waals surface area (Å²) in [6.07, 6.45) is 4.55. The van der Waals surface area contributed by atoms with Crippen LogP contribution in [0.4, 0.5) is 0 Å². The van der Waals surface area contributed by atoms with Gasteiger partial charge in [-0.1, -0.05) is 11.8 Å². The van der Waals surface area contributed by atoms with Crippen molar-refractivity contribution >= 4 is 16.9 Å². The second-order valence-electron chi connectivity index (χ2n) is 6.45. The van der Waals surface area contributed by atoms with E-state index in [9.17, 15) is 14.7 Å². The molecule has 0 aliphatic carbocycles.